The maximum absolute atomic E-state index is 14.5. The SMILES string of the molecule is C=CCN(C)C(=O)[C@H]1[C@H]2C(=O)N([C@@H](CO)[C@@H](C)CC)C(C(=O)N(CC=C)C(C)(C)C)C23CC(C)[C@]1(C)O3. The Kier molecular flexibility index (Phi) is 8.08. The van der Waals surface area contributed by atoms with Crippen LogP contribution >= 0.6 is 0 Å². The van der Waals surface area contributed by atoms with Gasteiger partial charge in [-0.1, -0.05) is 39.3 Å². The highest BCUT2D eigenvalue weighted by atomic mass is 16.5. The van der Waals surface area contributed by atoms with Gasteiger partial charge in [0.25, 0.3) is 0 Å². The van der Waals surface area contributed by atoms with Crippen LogP contribution in [0.3, 0.4) is 0 Å². The lowest BCUT2D eigenvalue weighted by Gasteiger charge is -2.44. The number of rotatable bonds is 10. The van der Waals surface area contributed by atoms with Crippen LogP contribution in [0.1, 0.15) is 61.3 Å². The summed E-state index contributed by atoms with van der Waals surface area (Å²) in [6, 6.07) is -1.51. The molecular formula is C29H47N3O5. The predicted molar refractivity (Wildman–Crippen MR) is 143 cm³/mol. The van der Waals surface area contributed by atoms with E-state index >= 15 is 0 Å². The Hall–Kier alpha value is -2.19. The second-order valence-electron chi connectivity index (χ2n) is 12.5. The molecule has 3 aliphatic rings. The minimum absolute atomic E-state index is 0.0449. The molecule has 37 heavy (non-hydrogen) atoms. The summed E-state index contributed by atoms with van der Waals surface area (Å²) in [4.78, 5) is 47.7. The van der Waals surface area contributed by atoms with Gasteiger partial charge in [0, 0.05) is 25.7 Å². The monoisotopic (exact) mass is 517 g/mol. The molecule has 8 nitrogen and oxygen atoms in total. The largest absolute Gasteiger partial charge is 0.394 e. The van der Waals surface area contributed by atoms with Gasteiger partial charge in [-0.05, 0) is 46.0 Å². The topological polar surface area (TPSA) is 90.4 Å². The van der Waals surface area contributed by atoms with Crippen molar-refractivity contribution in [1.82, 2.24) is 14.7 Å². The minimum Gasteiger partial charge on any atom is -0.394 e. The zero-order valence-electron chi connectivity index (χ0n) is 24.0. The molecule has 3 saturated heterocycles. The maximum atomic E-state index is 14.5. The van der Waals surface area contributed by atoms with E-state index in [1.54, 1.807) is 33.9 Å². The number of carbonyl (C=O) groups excluding carboxylic acids is 3. The quantitative estimate of drug-likeness (QED) is 0.450. The molecular weight excluding hydrogens is 470 g/mol. The van der Waals surface area contributed by atoms with Gasteiger partial charge >= 0.3 is 0 Å². The molecule has 3 amide bonds. The Labute approximate surface area is 222 Å². The zero-order chi connectivity index (χ0) is 28.1. The summed E-state index contributed by atoms with van der Waals surface area (Å²) in [7, 11) is 1.71. The molecule has 8 atom stereocenters. The Morgan fingerprint density at radius 2 is 1.84 bits per heavy atom. The van der Waals surface area contributed by atoms with Crippen LogP contribution < -0.4 is 0 Å². The van der Waals surface area contributed by atoms with Gasteiger partial charge in [0.05, 0.1) is 30.1 Å². The van der Waals surface area contributed by atoms with Crippen molar-refractivity contribution >= 4 is 17.7 Å². The zero-order valence-corrected chi connectivity index (χ0v) is 24.0. The van der Waals surface area contributed by atoms with Gasteiger partial charge in [0.2, 0.25) is 17.7 Å². The second kappa shape index (κ2) is 10.2. The van der Waals surface area contributed by atoms with E-state index in [-0.39, 0.29) is 36.2 Å². The van der Waals surface area contributed by atoms with Crippen molar-refractivity contribution in [3.05, 3.63) is 25.3 Å². The number of nitrogens with zero attached hydrogens (tertiary/aromatic N) is 3. The molecule has 1 spiro atoms. The van der Waals surface area contributed by atoms with Gasteiger partial charge < -0.3 is 24.5 Å². The Balaban J connectivity index is 2.24. The lowest BCUT2D eigenvalue weighted by Crippen LogP contribution is -2.62. The van der Waals surface area contributed by atoms with Crippen molar-refractivity contribution in [2.24, 2.45) is 23.7 Å². The molecule has 0 aliphatic carbocycles. The molecule has 3 heterocycles. The molecule has 0 aromatic carbocycles. The van der Waals surface area contributed by atoms with Crippen LogP contribution in [0.15, 0.2) is 25.3 Å². The fraction of sp³-hybridized carbons (Fsp3) is 0.759. The molecule has 208 valence electrons. The van der Waals surface area contributed by atoms with E-state index in [9.17, 15) is 19.5 Å². The molecule has 1 N–H and O–H groups in total. The highest BCUT2D eigenvalue weighted by molar-refractivity contribution is 5.99. The van der Waals surface area contributed by atoms with Crippen molar-refractivity contribution in [2.45, 2.75) is 90.1 Å². The predicted octanol–water partition coefficient (Wildman–Crippen LogP) is 2.86. The number of amides is 3. The Morgan fingerprint density at radius 3 is 2.32 bits per heavy atom. The number of aliphatic hydroxyl groups is 1. The van der Waals surface area contributed by atoms with Gasteiger partial charge in [0.1, 0.15) is 11.6 Å². The van der Waals surface area contributed by atoms with Crippen molar-refractivity contribution < 1.29 is 24.2 Å². The van der Waals surface area contributed by atoms with Gasteiger partial charge in [-0.2, -0.15) is 0 Å². The molecule has 3 aliphatic heterocycles. The summed E-state index contributed by atoms with van der Waals surface area (Å²) in [6.45, 7) is 21.8. The van der Waals surface area contributed by atoms with Gasteiger partial charge in [-0.3, -0.25) is 14.4 Å². The number of ether oxygens (including phenoxy) is 1. The van der Waals surface area contributed by atoms with Crippen LogP contribution in [-0.4, -0.2) is 93.1 Å². The summed E-state index contributed by atoms with van der Waals surface area (Å²) in [5.41, 5.74) is -2.57. The number of aliphatic hydroxyl groups excluding tert-OH is 1. The molecule has 3 fully saturated rings. The first-order valence-electron chi connectivity index (χ1n) is 13.6. The molecule has 0 radical (unpaired) electrons. The fourth-order valence-corrected chi connectivity index (χ4v) is 7.00. The van der Waals surface area contributed by atoms with Gasteiger partial charge in [-0.25, -0.2) is 0 Å². The molecule has 0 aromatic heterocycles. The Bertz CT molecular complexity index is 944. The van der Waals surface area contributed by atoms with E-state index < -0.39 is 40.7 Å². The van der Waals surface area contributed by atoms with Crippen LogP contribution in [0.4, 0.5) is 0 Å². The van der Waals surface area contributed by atoms with Crippen molar-refractivity contribution in [2.75, 3.05) is 26.7 Å². The van der Waals surface area contributed by atoms with Crippen LogP contribution in [0.5, 0.6) is 0 Å². The highest BCUT2D eigenvalue weighted by Gasteiger charge is 2.80. The molecule has 3 rings (SSSR count). The molecule has 2 bridgehead atoms. The summed E-state index contributed by atoms with van der Waals surface area (Å²) < 4.78 is 6.84. The average Bonchev–Trinajstić information content (AvgIpc) is 3.33. The smallest absolute Gasteiger partial charge is 0.249 e. The number of likely N-dealkylation sites (N-methyl/N-ethyl adjacent to an activating group) is 1. The number of likely N-dealkylation sites (tertiary alicyclic amines) is 1. The summed E-state index contributed by atoms with van der Waals surface area (Å²) in [6.07, 6.45) is 4.56. The maximum Gasteiger partial charge on any atom is 0.249 e. The summed E-state index contributed by atoms with van der Waals surface area (Å²) >= 11 is 0. The number of carbonyl (C=O) groups is 3. The van der Waals surface area contributed by atoms with Crippen LogP contribution in [0.2, 0.25) is 0 Å². The Morgan fingerprint density at radius 1 is 1.24 bits per heavy atom. The standard InChI is InChI=1S/C29H47N3O5/c1-11-14-30(10)24(34)21-22-25(35)32(20(17-33)18(4)13-3)23(26(36)31(15-12-2)27(6,7)8)29(22)16-19(5)28(21,9)37-29/h11-12,18-23,33H,1-2,13-17H2,3-10H3/t18-,19?,20-,21+,22-,23?,28-,29?/m0/s1. The van der Waals surface area contributed by atoms with Crippen LogP contribution in [0, 0.1) is 23.7 Å². The minimum atomic E-state index is -1.15. The van der Waals surface area contributed by atoms with Crippen molar-refractivity contribution in [1.29, 1.82) is 0 Å². The van der Waals surface area contributed by atoms with Crippen molar-refractivity contribution in [3.63, 3.8) is 0 Å². The third-order valence-electron chi connectivity index (χ3n) is 9.26. The lowest BCUT2D eigenvalue weighted by atomic mass is 9.62. The number of fused-ring (bicyclic) bond motifs is 1. The van der Waals surface area contributed by atoms with Gasteiger partial charge in [0.15, 0.2) is 0 Å². The first kappa shape index (κ1) is 29.4. The first-order valence-corrected chi connectivity index (χ1v) is 13.6. The van der Waals surface area contributed by atoms with E-state index in [0.29, 0.717) is 19.5 Å². The van der Waals surface area contributed by atoms with E-state index in [1.807, 2.05) is 48.5 Å². The third-order valence-corrected chi connectivity index (χ3v) is 9.26. The molecule has 3 unspecified atom stereocenters. The number of hydrogen-bond donors (Lipinski definition) is 1. The van der Waals surface area contributed by atoms with Crippen molar-refractivity contribution in [3.8, 4) is 0 Å². The summed E-state index contributed by atoms with van der Waals surface area (Å²) in [5.74, 6) is -2.30. The van der Waals surface area contributed by atoms with Crippen LogP contribution in [-0.2, 0) is 19.1 Å². The average molecular weight is 518 g/mol. The first-order chi connectivity index (χ1) is 17.2. The van der Waals surface area contributed by atoms with E-state index in [4.69, 9.17) is 4.74 Å². The fourth-order valence-electron chi connectivity index (χ4n) is 7.00. The van der Waals surface area contributed by atoms with E-state index in [1.165, 1.54) is 0 Å². The molecule has 0 saturated carbocycles. The van der Waals surface area contributed by atoms with E-state index in [2.05, 4.69) is 13.2 Å². The van der Waals surface area contributed by atoms with Gasteiger partial charge in [-0.15, -0.1) is 13.2 Å². The normalized spacial score (nSPS) is 34.2. The molecule has 0 aromatic rings. The molecule has 8 heteroatoms. The summed E-state index contributed by atoms with van der Waals surface area (Å²) in [5, 5.41) is 10.5. The second-order valence-corrected chi connectivity index (χ2v) is 12.5. The number of hydrogen-bond acceptors (Lipinski definition) is 5. The highest BCUT2D eigenvalue weighted by Crippen LogP contribution is 2.66. The third kappa shape index (κ3) is 4.34. The van der Waals surface area contributed by atoms with Crippen LogP contribution in [0.25, 0.3) is 0 Å². The lowest BCUT2D eigenvalue weighted by molar-refractivity contribution is -0.160. The van der Waals surface area contributed by atoms with E-state index in [0.717, 1.165) is 6.42 Å².